The summed E-state index contributed by atoms with van der Waals surface area (Å²) in [6, 6.07) is 22.6. The number of aromatic nitrogens is 1. The topological polar surface area (TPSA) is 116 Å². The van der Waals surface area contributed by atoms with Crippen LogP contribution in [0.5, 0.6) is 34.8 Å². The molecule has 0 unspecified atom stereocenters. The number of nitrogens with zero attached hydrogens (tertiary/aromatic N) is 4. The van der Waals surface area contributed by atoms with Crippen molar-refractivity contribution in [3.05, 3.63) is 101 Å². The van der Waals surface area contributed by atoms with Gasteiger partial charge in [0.1, 0.15) is 24.3 Å². The molecule has 246 valence electrons. The van der Waals surface area contributed by atoms with E-state index in [2.05, 4.69) is 9.98 Å². The number of nitriles is 1. The van der Waals surface area contributed by atoms with Crippen LogP contribution in [-0.2, 0) is 16.1 Å². The quantitative estimate of drug-likeness (QED) is 0.152. The van der Waals surface area contributed by atoms with Gasteiger partial charge >= 0.3 is 5.97 Å². The second-order valence-electron chi connectivity index (χ2n) is 11.2. The van der Waals surface area contributed by atoms with Gasteiger partial charge in [0.25, 0.3) is 11.8 Å². The molecule has 12 heteroatoms. The van der Waals surface area contributed by atoms with Crippen LogP contribution >= 0.6 is 0 Å². The highest BCUT2D eigenvalue weighted by Gasteiger charge is 2.39. The highest BCUT2D eigenvalue weighted by atomic mass is 19.1. The number of halogens is 2. The number of likely N-dealkylation sites (N-methyl/N-ethyl adjacent to an activating group) is 1. The maximum absolute atomic E-state index is 16.1. The second-order valence-corrected chi connectivity index (χ2v) is 11.2. The zero-order chi connectivity index (χ0) is 33.6. The average Bonchev–Trinajstić information content (AvgIpc) is 3.51. The molecule has 0 saturated heterocycles. The number of esters is 1. The molecule has 3 aromatic carbocycles. The molecular weight excluding hydrogens is 622 g/mol. The first kappa shape index (κ1) is 32.2. The van der Waals surface area contributed by atoms with Crippen molar-refractivity contribution >= 4 is 11.8 Å². The van der Waals surface area contributed by atoms with Crippen molar-refractivity contribution in [2.24, 2.45) is 10.9 Å². The van der Waals surface area contributed by atoms with Crippen LogP contribution in [0.2, 0.25) is 0 Å². The molecule has 2 heterocycles. The smallest absolute Gasteiger partial charge is 0.309 e. The molecule has 2 aliphatic rings. The monoisotopic (exact) mass is 654 g/mol. The summed E-state index contributed by atoms with van der Waals surface area (Å²) in [5.74, 6) is -4.17. The SMILES string of the molecule is CCOC(=O)C1CC(Oc2c(F)c(Oc3cccc(C4=NCCN4C)c3)nc(Oc3cc(C#N)ccc3OCc3ccccc3)c2F)C1. The van der Waals surface area contributed by atoms with Crippen LogP contribution in [0.4, 0.5) is 8.78 Å². The van der Waals surface area contributed by atoms with E-state index >= 15 is 8.78 Å². The van der Waals surface area contributed by atoms with E-state index in [-0.39, 0.29) is 54.8 Å². The minimum absolute atomic E-state index is 0.0322. The van der Waals surface area contributed by atoms with Gasteiger partial charge in [0, 0.05) is 25.2 Å². The Morgan fingerprint density at radius 2 is 1.75 bits per heavy atom. The summed E-state index contributed by atoms with van der Waals surface area (Å²) in [5.41, 5.74) is 1.82. The summed E-state index contributed by atoms with van der Waals surface area (Å²) in [7, 11) is 1.92. The molecule has 0 atom stereocenters. The first-order chi connectivity index (χ1) is 23.3. The fourth-order valence-electron chi connectivity index (χ4n) is 5.27. The van der Waals surface area contributed by atoms with Crippen molar-refractivity contribution in [1.82, 2.24) is 9.88 Å². The molecule has 48 heavy (non-hydrogen) atoms. The van der Waals surface area contributed by atoms with Gasteiger partial charge in [0.2, 0.25) is 17.4 Å². The van der Waals surface area contributed by atoms with Crippen LogP contribution in [-0.4, -0.2) is 54.5 Å². The molecule has 10 nitrogen and oxygen atoms in total. The Bertz CT molecular complexity index is 1870. The Kier molecular flexibility index (Phi) is 9.66. The Labute approximate surface area is 276 Å². The van der Waals surface area contributed by atoms with Gasteiger partial charge in [0.05, 0.1) is 30.7 Å². The highest BCUT2D eigenvalue weighted by molar-refractivity contribution is 5.99. The summed E-state index contributed by atoms with van der Waals surface area (Å²) in [5, 5.41) is 9.54. The Balaban J connectivity index is 1.33. The fraction of sp³-hybridized carbons (Fsp3) is 0.278. The van der Waals surface area contributed by atoms with E-state index in [9.17, 15) is 10.1 Å². The molecule has 1 saturated carbocycles. The lowest BCUT2D eigenvalue weighted by atomic mass is 9.82. The van der Waals surface area contributed by atoms with Gasteiger partial charge < -0.3 is 28.6 Å². The van der Waals surface area contributed by atoms with E-state index < -0.39 is 41.2 Å². The van der Waals surface area contributed by atoms with Gasteiger partial charge in [-0.1, -0.05) is 42.5 Å². The zero-order valence-corrected chi connectivity index (χ0v) is 26.3. The van der Waals surface area contributed by atoms with Crippen molar-refractivity contribution < 1.29 is 37.3 Å². The predicted octanol–water partition coefficient (Wildman–Crippen LogP) is 6.81. The molecule has 4 aromatic rings. The number of aliphatic imine (C=N–C) groups is 1. The number of benzene rings is 3. The number of hydrogen-bond donors (Lipinski definition) is 0. The first-order valence-electron chi connectivity index (χ1n) is 15.5. The maximum Gasteiger partial charge on any atom is 0.309 e. The summed E-state index contributed by atoms with van der Waals surface area (Å²) >= 11 is 0. The minimum atomic E-state index is -1.23. The third-order valence-corrected chi connectivity index (χ3v) is 7.86. The molecular formula is C36H32F2N4O6. The van der Waals surface area contributed by atoms with Gasteiger partial charge in [-0.05, 0) is 49.6 Å². The summed E-state index contributed by atoms with van der Waals surface area (Å²) in [6.45, 7) is 3.50. The van der Waals surface area contributed by atoms with Crippen molar-refractivity contribution in [3.8, 4) is 40.8 Å². The largest absolute Gasteiger partial charge is 0.485 e. The normalized spacial score (nSPS) is 16.7. The number of ether oxygens (including phenoxy) is 5. The van der Waals surface area contributed by atoms with Crippen molar-refractivity contribution in [3.63, 3.8) is 0 Å². The van der Waals surface area contributed by atoms with E-state index in [4.69, 9.17) is 23.7 Å². The molecule has 1 aliphatic carbocycles. The number of carbonyl (C=O) groups excluding carboxylic acids is 1. The van der Waals surface area contributed by atoms with E-state index in [0.29, 0.717) is 6.54 Å². The van der Waals surface area contributed by atoms with Crippen LogP contribution < -0.4 is 18.9 Å². The van der Waals surface area contributed by atoms with Gasteiger partial charge in [-0.25, -0.2) is 0 Å². The molecule has 0 spiro atoms. The van der Waals surface area contributed by atoms with Crippen molar-refractivity contribution in [2.75, 3.05) is 26.7 Å². The summed E-state index contributed by atoms with van der Waals surface area (Å²) in [4.78, 5) is 22.7. The number of rotatable bonds is 12. The van der Waals surface area contributed by atoms with Gasteiger partial charge in [-0.15, -0.1) is 0 Å². The van der Waals surface area contributed by atoms with Gasteiger partial charge in [-0.3, -0.25) is 9.79 Å². The molecule has 0 bridgehead atoms. The van der Waals surface area contributed by atoms with Crippen molar-refractivity contribution in [2.45, 2.75) is 32.5 Å². The Morgan fingerprint density at radius 1 is 0.979 bits per heavy atom. The van der Waals surface area contributed by atoms with E-state index in [1.807, 2.05) is 54.4 Å². The first-order valence-corrected chi connectivity index (χ1v) is 15.5. The van der Waals surface area contributed by atoms with Crippen LogP contribution in [0.1, 0.15) is 36.5 Å². The van der Waals surface area contributed by atoms with E-state index in [1.165, 1.54) is 18.2 Å². The molecule has 1 fully saturated rings. The summed E-state index contributed by atoms with van der Waals surface area (Å²) in [6.07, 6.45) is -0.241. The number of amidine groups is 1. The van der Waals surface area contributed by atoms with Crippen LogP contribution in [0.3, 0.4) is 0 Å². The lowest BCUT2D eigenvalue weighted by Crippen LogP contribution is -2.39. The summed E-state index contributed by atoms with van der Waals surface area (Å²) < 4.78 is 60.6. The molecule has 0 amide bonds. The molecule has 1 aliphatic heterocycles. The lowest BCUT2D eigenvalue weighted by Gasteiger charge is -2.33. The fourth-order valence-corrected chi connectivity index (χ4v) is 5.27. The third-order valence-electron chi connectivity index (χ3n) is 7.86. The minimum Gasteiger partial charge on any atom is -0.485 e. The van der Waals surface area contributed by atoms with Crippen molar-refractivity contribution in [1.29, 1.82) is 5.26 Å². The third kappa shape index (κ3) is 7.15. The standard InChI is InChI=1S/C36H32F2N4O6/c1-3-44-36(43)25-18-27(19-25)46-32-30(37)34(47-26-11-7-10-24(17-26)33-40-14-15-42(33)2)41-35(31(32)38)48-29-16-23(20-39)12-13-28(29)45-21-22-8-5-4-6-9-22/h4-13,16-17,25,27H,3,14-15,18-19,21H2,1-2H3. The van der Waals surface area contributed by atoms with Crippen LogP contribution in [0.15, 0.2) is 77.8 Å². The lowest BCUT2D eigenvalue weighted by molar-refractivity contribution is -0.154. The average molecular weight is 655 g/mol. The van der Waals surface area contributed by atoms with Crippen LogP contribution in [0, 0.1) is 28.9 Å². The molecule has 0 N–H and O–H groups in total. The maximum atomic E-state index is 16.1. The molecule has 0 radical (unpaired) electrons. The van der Waals surface area contributed by atoms with Gasteiger partial charge in [-0.2, -0.15) is 19.0 Å². The molecule has 6 rings (SSSR count). The highest BCUT2D eigenvalue weighted by Crippen LogP contribution is 2.42. The Hall–Kier alpha value is -5.70. The predicted molar refractivity (Wildman–Crippen MR) is 170 cm³/mol. The van der Waals surface area contributed by atoms with Crippen LogP contribution in [0.25, 0.3) is 0 Å². The van der Waals surface area contributed by atoms with E-state index in [1.54, 1.807) is 25.1 Å². The number of hydrogen-bond acceptors (Lipinski definition) is 10. The van der Waals surface area contributed by atoms with E-state index in [0.717, 1.165) is 23.5 Å². The van der Waals surface area contributed by atoms with Gasteiger partial charge in [0.15, 0.2) is 11.5 Å². The number of carbonyl (C=O) groups is 1. The number of pyridine rings is 1. The molecule has 1 aromatic heterocycles. The second kappa shape index (κ2) is 14.4. The Morgan fingerprint density at radius 3 is 2.46 bits per heavy atom. The zero-order valence-electron chi connectivity index (χ0n) is 26.3.